The number of fused-ring (bicyclic) bond motifs is 1. The summed E-state index contributed by atoms with van der Waals surface area (Å²) in [5.74, 6) is 0.231. The molecule has 0 unspecified atom stereocenters. The van der Waals surface area contributed by atoms with Crippen molar-refractivity contribution in [3.05, 3.63) is 64.6 Å². The van der Waals surface area contributed by atoms with E-state index in [1.54, 1.807) is 0 Å². The summed E-state index contributed by atoms with van der Waals surface area (Å²) in [7, 11) is 0. The normalized spacial score (nSPS) is 15.6. The molecule has 5 heteroatoms. The lowest BCUT2D eigenvalue weighted by Gasteiger charge is -2.22. The summed E-state index contributed by atoms with van der Waals surface area (Å²) in [6.45, 7) is 10.7. The summed E-state index contributed by atoms with van der Waals surface area (Å²) in [5, 5.41) is 1.22. The average Bonchev–Trinajstić information content (AvgIpc) is 2.89. The van der Waals surface area contributed by atoms with E-state index in [0.29, 0.717) is 6.42 Å². The van der Waals surface area contributed by atoms with Gasteiger partial charge in [-0.05, 0) is 56.0 Å². The molecule has 0 atom stereocenters. The number of nitrogens with zero attached hydrogens (tertiary/aromatic N) is 3. The number of carbonyl (C=O) groups is 1. The molecule has 1 saturated heterocycles. The highest BCUT2D eigenvalue weighted by atomic mass is 16.2. The fourth-order valence-electron chi connectivity index (χ4n) is 4.39. The molecule has 1 fully saturated rings. The van der Waals surface area contributed by atoms with Crippen LogP contribution in [0, 0.1) is 20.8 Å². The van der Waals surface area contributed by atoms with Gasteiger partial charge in [0.25, 0.3) is 0 Å². The van der Waals surface area contributed by atoms with Crippen LogP contribution in [-0.4, -0.2) is 51.9 Å². The molecule has 29 heavy (non-hydrogen) atoms. The monoisotopic (exact) mass is 390 g/mol. The molecule has 0 bridgehead atoms. The van der Waals surface area contributed by atoms with Crippen molar-refractivity contribution in [2.24, 2.45) is 0 Å². The van der Waals surface area contributed by atoms with E-state index in [-0.39, 0.29) is 5.91 Å². The zero-order valence-corrected chi connectivity index (χ0v) is 17.7. The summed E-state index contributed by atoms with van der Waals surface area (Å²) in [6.07, 6.45) is 3.32. The number of aryl methyl sites for hydroxylation is 3. The first-order valence-corrected chi connectivity index (χ1v) is 10.5. The van der Waals surface area contributed by atoms with Crippen molar-refractivity contribution in [2.45, 2.75) is 40.2 Å². The standard InChI is InChI=1S/C24H30N4O/c1-17-8-9-18(2)24-23(17)21(19(3)26-24)15-22(29)28-12-6-11-27(13-14-28)16-20-7-4-5-10-25-20/h4-5,7-10,26H,6,11-16H2,1-3H3. The fourth-order valence-corrected chi connectivity index (χ4v) is 4.39. The van der Waals surface area contributed by atoms with E-state index in [1.807, 2.05) is 23.2 Å². The van der Waals surface area contributed by atoms with E-state index in [0.717, 1.165) is 56.1 Å². The minimum Gasteiger partial charge on any atom is -0.358 e. The Kier molecular flexibility index (Phi) is 5.67. The van der Waals surface area contributed by atoms with Crippen molar-refractivity contribution in [3.8, 4) is 0 Å². The molecule has 152 valence electrons. The summed E-state index contributed by atoms with van der Waals surface area (Å²) in [6, 6.07) is 10.3. The van der Waals surface area contributed by atoms with Crippen LogP contribution in [0.2, 0.25) is 0 Å². The molecule has 3 heterocycles. The minimum absolute atomic E-state index is 0.231. The molecule has 2 aromatic heterocycles. The maximum atomic E-state index is 13.2. The quantitative estimate of drug-likeness (QED) is 0.738. The van der Waals surface area contributed by atoms with Crippen molar-refractivity contribution >= 4 is 16.8 Å². The molecular formula is C24H30N4O. The molecule has 5 nitrogen and oxygen atoms in total. The van der Waals surface area contributed by atoms with Crippen molar-refractivity contribution in [2.75, 3.05) is 26.2 Å². The number of nitrogens with one attached hydrogen (secondary N) is 1. The van der Waals surface area contributed by atoms with Crippen molar-refractivity contribution in [1.29, 1.82) is 0 Å². The average molecular weight is 391 g/mol. The summed E-state index contributed by atoms with van der Waals surface area (Å²) >= 11 is 0. The summed E-state index contributed by atoms with van der Waals surface area (Å²) < 4.78 is 0. The van der Waals surface area contributed by atoms with E-state index in [9.17, 15) is 4.79 Å². The Bertz CT molecular complexity index is 1010. The van der Waals surface area contributed by atoms with Crippen LogP contribution >= 0.6 is 0 Å². The Morgan fingerprint density at radius 2 is 1.86 bits per heavy atom. The molecular weight excluding hydrogens is 360 g/mol. The van der Waals surface area contributed by atoms with Crippen LogP contribution in [0.3, 0.4) is 0 Å². The molecule has 1 aliphatic heterocycles. The molecule has 1 N–H and O–H groups in total. The number of H-pyrrole nitrogens is 1. The molecule has 1 aliphatic rings. The van der Waals surface area contributed by atoms with E-state index in [2.05, 4.69) is 53.8 Å². The maximum Gasteiger partial charge on any atom is 0.227 e. The van der Waals surface area contributed by atoms with Gasteiger partial charge in [0.2, 0.25) is 5.91 Å². The number of rotatable bonds is 4. The molecule has 0 radical (unpaired) electrons. The highest BCUT2D eigenvalue weighted by molar-refractivity contribution is 5.93. The summed E-state index contributed by atoms with van der Waals surface area (Å²) in [4.78, 5) is 25.5. The van der Waals surface area contributed by atoms with Crippen LogP contribution < -0.4 is 0 Å². The number of aromatic nitrogens is 2. The zero-order chi connectivity index (χ0) is 20.4. The fraction of sp³-hybridized carbons (Fsp3) is 0.417. The molecule has 1 amide bonds. The first-order valence-electron chi connectivity index (χ1n) is 10.5. The highest BCUT2D eigenvalue weighted by Crippen LogP contribution is 2.28. The Morgan fingerprint density at radius 1 is 1.03 bits per heavy atom. The van der Waals surface area contributed by atoms with Crippen LogP contribution in [-0.2, 0) is 17.8 Å². The van der Waals surface area contributed by atoms with Crippen molar-refractivity contribution in [1.82, 2.24) is 19.8 Å². The Morgan fingerprint density at radius 3 is 2.66 bits per heavy atom. The Hall–Kier alpha value is -2.66. The van der Waals surface area contributed by atoms with Crippen LogP contribution in [0.15, 0.2) is 36.5 Å². The van der Waals surface area contributed by atoms with Gasteiger partial charge < -0.3 is 9.88 Å². The Balaban J connectivity index is 1.45. The smallest absolute Gasteiger partial charge is 0.227 e. The first-order chi connectivity index (χ1) is 14.0. The molecule has 1 aromatic carbocycles. The molecule has 4 rings (SSSR count). The van der Waals surface area contributed by atoms with Gasteiger partial charge in [-0.2, -0.15) is 0 Å². The van der Waals surface area contributed by atoms with Crippen molar-refractivity contribution in [3.63, 3.8) is 0 Å². The second kappa shape index (κ2) is 8.37. The van der Waals surface area contributed by atoms with E-state index >= 15 is 0 Å². The predicted octanol–water partition coefficient (Wildman–Crippen LogP) is 3.77. The zero-order valence-electron chi connectivity index (χ0n) is 17.7. The number of benzene rings is 1. The van der Waals surface area contributed by atoms with Gasteiger partial charge in [-0.1, -0.05) is 18.2 Å². The summed E-state index contributed by atoms with van der Waals surface area (Å²) in [5.41, 5.74) is 6.98. The molecule has 0 aliphatic carbocycles. The van der Waals surface area contributed by atoms with Gasteiger partial charge in [0.1, 0.15) is 0 Å². The second-order valence-corrected chi connectivity index (χ2v) is 8.19. The van der Waals surface area contributed by atoms with Gasteiger partial charge in [-0.15, -0.1) is 0 Å². The maximum absolute atomic E-state index is 13.2. The number of aromatic amines is 1. The minimum atomic E-state index is 0.231. The van der Waals surface area contributed by atoms with Crippen LogP contribution in [0.4, 0.5) is 0 Å². The Labute approximate surface area is 172 Å². The van der Waals surface area contributed by atoms with Gasteiger partial charge in [0.15, 0.2) is 0 Å². The number of hydrogen-bond acceptors (Lipinski definition) is 3. The van der Waals surface area contributed by atoms with E-state index in [4.69, 9.17) is 0 Å². The van der Waals surface area contributed by atoms with Gasteiger partial charge in [0.05, 0.1) is 12.1 Å². The molecule has 0 saturated carbocycles. The molecule has 0 spiro atoms. The van der Waals surface area contributed by atoms with Gasteiger partial charge >= 0.3 is 0 Å². The predicted molar refractivity (Wildman–Crippen MR) is 117 cm³/mol. The van der Waals surface area contributed by atoms with Gasteiger partial charge in [-0.3, -0.25) is 14.7 Å². The second-order valence-electron chi connectivity index (χ2n) is 8.19. The first kappa shape index (κ1) is 19.6. The topological polar surface area (TPSA) is 52.2 Å². The number of amides is 1. The molecule has 3 aromatic rings. The van der Waals surface area contributed by atoms with E-state index < -0.39 is 0 Å². The number of pyridine rings is 1. The number of carbonyl (C=O) groups excluding carboxylic acids is 1. The lowest BCUT2D eigenvalue weighted by Crippen LogP contribution is -2.36. The van der Waals surface area contributed by atoms with E-state index in [1.165, 1.54) is 22.0 Å². The SMILES string of the molecule is Cc1[nH]c2c(C)ccc(C)c2c1CC(=O)N1CCCN(Cc2ccccn2)CC1. The third-order valence-corrected chi connectivity index (χ3v) is 6.07. The lowest BCUT2D eigenvalue weighted by molar-refractivity contribution is -0.130. The van der Waals surface area contributed by atoms with Gasteiger partial charge in [-0.25, -0.2) is 0 Å². The highest BCUT2D eigenvalue weighted by Gasteiger charge is 2.22. The van der Waals surface area contributed by atoms with Gasteiger partial charge in [0, 0.05) is 55.5 Å². The lowest BCUT2D eigenvalue weighted by atomic mass is 10.0. The van der Waals surface area contributed by atoms with Crippen LogP contribution in [0.1, 0.15) is 34.5 Å². The largest absolute Gasteiger partial charge is 0.358 e. The number of hydrogen-bond donors (Lipinski definition) is 1. The van der Waals surface area contributed by atoms with Crippen molar-refractivity contribution < 1.29 is 4.79 Å². The third kappa shape index (κ3) is 4.20. The van der Waals surface area contributed by atoms with Crippen LogP contribution in [0.5, 0.6) is 0 Å². The van der Waals surface area contributed by atoms with Crippen LogP contribution in [0.25, 0.3) is 10.9 Å². The third-order valence-electron chi connectivity index (χ3n) is 6.07.